The molecule has 2 fully saturated rings. The molecule has 2 rings (SSSR count). The van der Waals surface area contributed by atoms with Crippen LogP contribution in [0.4, 0.5) is 4.39 Å². The molecule has 0 radical (unpaired) electrons. The predicted molar refractivity (Wildman–Crippen MR) is 43.2 cm³/mol. The van der Waals surface area contributed by atoms with Gasteiger partial charge in [0.25, 0.3) is 0 Å². The van der Waals surface area contributed by atoms with Crippen LogP contribution in [-0.4, -0.2) is 31.2 Å². The third-order valence-corrected chi connectivity index (χ3v) is 3.36. The topological polar surface area (TPSA) is 3.24 Å². The van der Waals surface area contributed by atoms with E-state index in [1.165, 1.54) is 12.8 Å². The van der Waals surface area contributed by atoms with E-state index >= 15 is 0 Å². The lowest BCUT2D eigenvalue weighted by Gasteiger charge is -2.18. The second-order valence-electron chi connectivity index (χ2n) is 4.50. The van der Waals surface area contributed by atoms with E-state index in [-0.39, 0.29) is 0 Å². The quantitative estimate of drug-likeness (QED) is 0.560. The van der Waals surface area contributed by atoms with E-state index in [1.54, 1.807) is 0 Å². The normalized spacial score (nSPS) is 42.8. The summed E-state index contributed by atoms with van der Waals surface area (Å²) in [5.41, 5.74) is 0.365. The summed E-state index contributed by atoms with van der Waals surface area (Å²) in [5.74, 6) is 0.326. The van der Waals surface area contributed by atoms with Crippen LogP contribution in [0.5, 0.6) is 0 Å². The Bertz CT molecular complexity index is 165. The fraction of sp³-hybridized carbons (Fsp3) is 1.00. The zero-order valence-electron chi connectivity index (χ0n) is 7.31. The number of alkyl halides is 1. The van der Waals surface area contributed by atoms with Crippen LogP contribution in [0.15, 0.2) is 0 Å². The minimum atomic E-state index is -0.563. The van der Waals surface area contributed by atoms with E-state index in [1.807, 2.05) is 7.05 Å². The first-order valence-corrected chi connectivity index (χ1v) is 4.44. The summed E-state index contributed by atoms with van der Waals surface area (Å²) < 4.78 is 13.3. The molecule has 2 unspecified atom stereocenters. The summed E-state index contributed by atoms with van der Waals surface area (Å²) in [6, 6.07) is 0. The average molecular weight is 157 g/mol. The molecule has 1 nitrogen and oxygen atoms in total. The molecule has 0 spiro atoms. The maximum Gasteiger partial charge on any atom is 0.117 e. The molecule has 1 saturated heterocycles. The van der Waals surface area contributed by atoms with Gasteiger partial charge in [-0.2, -0.15) is 0 Å². The summed E-state index contributed by atoms with van der Waals surface area (Å²) in [6.45, 7) is 3.85. The van der Waals surface area contributed by atoms with Crippen LogP contribution < -0.4 is 0 Å². The monoisotopic (exact) mass is 157 g/mol. The number of rotatable bonds is 1. The molecular weight excluding hydrogens is 141 g/mol. The molecular formula is C9H16FN. The third kappa shape index (κ3) is 1.18. The number of halogens is 1. The van der Waals surface area contributed by atoms with Crippen LogP contribution in [0.25, 0.3) is 0 Å². The Labute approximate surface area is 67.6 Å². The van der Waals surface area contributed by atoms with Crippen molar-refractivity contribution in [3.8, 4) is 0 Å². The van der Waals surface area contributed by atoms with Crippen LogP contribution in [0.1, 0.15) is 19.8 Å². The molecule has 0 aromatic heterocycles. The third-order valence-electron chi connectivity index (χ3n) is 3.36. The highest BCUT2D eigenvalue weighted by molar-refractivity contribution is 5.01. The van der Waals surface area contributed by atoms with Gasteiger partial charge in [-0.1, -0.05) is 6.92 Å². The molecule has 1 aliphatic heterocycles. The highest BCUT2D eigenvalue weighted by Gasteiger charge is 2.51. The number of likely N-dealkylation sites (tertiary alicyclic amines) is 1. The van der Waals surface area contributed by atoms with Crippen molar-refractivity contribution in [1.82, 2.24) is 4.90 Å². The lowest BCUT2D eigenvalue weighted by molar-refractivity contribution is 0.210. The fourth-order valence-electron chi connectivity index (χ4n) is 2.17. The first-order chi connectivity index (χ1) is 5.12. The first kappa shape index (κ1) is 7.53. The number of nitrogens with zero attached hydrogens (tertiary/aromatic N) is 1. The zero-order valence-corrected chi connectivity index (χ0v) is 7.31. The van der Waals surface area contributed by atoms with Crippen molar-refractivity contribution in [2.45, 2.75) is 25.9 Å². The average Bonchev–Trinajstić information content (AvgIpc) is 2.55. The Morgan fingerprint density at radius 3 is 2.36 bits per heavy atom. The fourth-order valence-corrected chi connectivity index (χ4v) is 2.17. The summed E-state index contributed by atoms with van der Waals surface area (Å²) >= 11 is 0. The molecule has 2 aliphatic rings. The molecule has 0 amide bonds. The summed E-state index contributed by atoms with van der Waals surface area (Å²) in [5, 5.41) is 0. The van der Waals surface area contributed by atoms with Gasteiger partial charge >= 0.3 is 0 Å². The Balaban J connectivity index is 2.04. The van der Waals surface area contributed by atoms with E-state index in [0.29, 0.717) is 17.9 Å². The van der Waals surface area contributed by atoms with Gasteiger partial charge in [-0.25, -0.2) is 4.39 Å². The smallest absolute Gasteiger partial charge is 0.117 e. The van der Waals surface area contributed by atoms with Gasteiger partial charge in [0.15, 0.2) is 0 Å². The van der Waals surface area contributed by atoms with Crippen molar-refractivity contribution in [3.63, 3.8) is 0 Å². The Kier molecular flexibility index (Phi) is 1.50. The van der Waals surface area contributed by atoms with E-state index < -0.39 is 6.17 Å². The Hall–Kier alpha value is -0.110. The molecule has 0 aromatic rings. The summed E-state index contributed by atoms with van der Waals surface area (Å²) in [4.78, 5) is 2.11. The summed E-state index contributed by atoms with van der Waals surface area (Å²) in [7, 11) is 2.01. The minimum absolute atomic E-state index is 0.326. The standard InChI is InChI=1S/C9H16FN/c1-9(3-4-9)7-5-11(2)6-8(7)10/h7-8H,3-6H2,1-2H3. The molecule has 1 aliphatic carbocycles. The molecule has 1 heterocycles. The van der Waals surface area contributed by atoms with Crippen molar-refractivity contribution >= 4 is 0 Å². The van der Waals surface area contributed by atoms with Crippen molar-refractivity contribution < 1.29 is 4.39 Å². The van der Waals surface area contributed by atoms with Crippen LogP contribution in [0.2, 0.25) is 0 Å². The first-order valence-electron chi connectivity index (χ1n) is 4.44. The minimum Gasteiger partial charge on any atom is -0.303 e. The molecule has 2 heteroatoms. The van der Waals surface area contributed by atoms with E-state index in [4.69, 9.17) is 0 Å². The molecule has 1 saturated carbocycles. The van der Waals surface area contributed by atoms with E-state index in [9.17, 15) is 4.39 Å². The van der Waals surface area contributed by atoms with Crippen molar-refractivity contribution in [3.05, 3.63) is 0 Å². The molecule has 0 N–H and O–H groups in total. The molecule has 0 aromatic carbocycles. The molecule has 0 bridgehead atoms. The largest absolute Gasteiger partial charge is 0.303 e. The van der Waals surface area contributed by atoms with Gasteiger partial charge < -0.3 is 4.90 Å². The van der Waals surface area contributed by atoms with Crippen molar-refractivity contribution in [1.29, 1.82) is 0 Å². The second kappa shape index (κ2) is 2.19. The van der Waals surface area contributed by atoms with Crippen LogP contribution in [0, 0.1) is 11.3 Å². The SMILES string of the molecule is CN1CC(F)C(C2(C)CC2)C1. The van der Waals surface area contributed by atoms with Gasteiger partial charge in [0.05, 0.1) is 0 Å². The maximum atomic E-state index is 13.3. The van der Waals surface area contributed by atoms with Gasteiger partial charge in [0.2, 0.25) is 0 Å². The maximum absolute atomic E-state index is 13.3. The Morgan fingerprint density at radius 2 is 2.00 bits per heavy atom. The predicted octanol–water partition coefficient (Wildman–Crippen LogP) is 1.69. The van der Waals surface area contributed by atoms with Crippen molar-refractivity contribution in [2.24, 2.45) is 11.3 Å². The lowest BCUT2D eigenvalue weighted by atomic mass is 9.89. The Morgan fingerprint density at radius 1 is 1.36 bits per heavy atom. The van der Waals surface area contributed by atoms with Crippen LogP contribution in [-0.2, 0) is 0 Å². The zero-order chi connectivity index (χ0) is 8.06. The molecule has 11 heavy (non-hydrogen) atoms. The van der Waals surface area contributed by atoms with Crippen molar-refractivity contribution in [2.75, 3.05) is 20.1 Å². The number of hydrogen-bond acceptors (Lipinski definition) is 1. The second-order valence-corrected chi connectivity index (χ2v) is 4.50. The van der Waals surface area contributed by atoms with Crippen LogP contribution in [0.3, 0.4) is 0 Å². The van der Waals surface area contributed by atoms with Gasteiger partial charge in [-0.15, -0.1) is 0 Å². The number of hydrogen-bond donors (Lipinski definition) is 0. The van der Waals surface area contributed by atoms with Crippen LogP contribution >= 0.6 is 0 Å². The molecule has 64 valence electrons. The summed E-state index contributed by atoms with van der Waals surface area (Å²) in [6.07, 6.45) is 1.92. The van der Waals surface area contributed by atoms with E-state index in [2.05, 4.69) is 11.8 Å². The molecule has 2 atom stereocenters. The van der Waals surface area contributed by atoms with Gasteiger partial charge in [-0.3, -0.25) is 0 Å². The van der Waals surface area contributed by atoms with Gasteiger partial charge in [0, 0.05) is 19.0 Å². The van der Waals surface area contributed by atoms with Gasteiger partial charge in [0.1, 0.15) is 6.17 Å². The van der Waals surface area contributed by atoms with Gasteiger partial charge in [-0.05, 0) is 25.3 Å². The lowest BCUT2D eigenvalue weighted by Crippen LogP contribution is -2.22. The highest BCUT2D eigenvalue weighted by atomic mass is 19.1. The highest BCUT2D eigenvalue weighted by Crippen LogP contribution is 2.54. The van der Waals surface area contributed by atoms with E-state index in [0.717, 1.165) is 6.54 Å².